The van der Waals surface area contributed by atoms with E-state index in [4.69, 9.17) is 20.8 Å². The molecule has 0 spiro atoms. The molecule has 0 fully saturated rings. The number of nitrogens with one attached hydrogen (secondary N) is 1. The normalized spacial score (nSPS) is 11.4. The molecule has 1 aromatic heterocycles. The molecule has 0 aliphatic carbocycles. The maximum atomic E-state index is 12.0. The predicted octanol–water partition coefficient (Wildman–Crippen LogP) is 4.10. The number of nitrogens with zero attached hydrogens (tertiary/aromatic N) is 1. The summed E-state index contributed by atoms with van der Waals surface area (Å²) in [6, 6.07) is 10.6. The second-order valence-corrected chi connectivity index (χ2v) is 6.29. The number of carbonyl (C=O) groups excluding carboxylic acids is 2. The zero-order valence-electron chi connectivity index (χ0n) is 15.4. The molecule has 0 saturated heterocycles. The molecule has 0 aliphatic rings. The number of anilines is 1. The fourth-order valence-electron chi connectivity index (χ4n) is 2.49. The minimum absolute atomic E-state index is 0.0565. The Kier molecular flexibility index (Phi) is 5.65. The summed E-state index contributed by atoms with van der Waals surface area (Å²) in [5, 5.41) is 3.48. The Morgan fingerprint density at radius 3 is 2.64 bits per heavy atom. The molecule has 0 atom stereocenters. The third kappa shape index (κ3) is 4.15. The van der Waals surface area contributed by atoms with Crippen LogP contribution < -0.4 is 5.32 Å². The maximum Gasteiger partial charge on any atom is 0.354 e. The van der Waals surface area contributed by atoms with Crippen molar-refractivity contribution in [2.24, 2.45) is 0 Å². The van der Waals surface area contributed by atoms with Crippen LogP contribution in [0.4, 0.5) is 5.69 Å². The standard InChI is InChI=1S/C20H17ClN2O5/c1-11-4-5-12(19-23-15-9-13(21)6-7-17(15)28-19)8-14(11)22-16(20(25)27-3)10-18(24)26-2/h4-10,22H,1-3H3/b16-10+. The van der Waals surface area contributed by atoms with E-state index in [2.05, 4.69) is 15.0 Å². The molecule has 0 radical (unpaired) electrons. The van der Waals surface area contributed by atoms with Gasteiger partial charge in [-0.3, -0.25) is 0 Å². The molecule has 0 unspecified atom stereocenters. The highest BCUT2D eigenvalue weighted by Gasteiger charge is 2.16. The Bertz CT molecular complexity index is 1090. The topological polar surface area (TPSA) is 90.7 Å². The molecule has 0 amide bonds. The van der Waals surface area contributed by atoms with E-state index in [1.165, 1.54) is 14.2 Å². The monoisotopic (exact) mass is 400 g/mol. The minimum Gasteiger partial charge on any atom is -0.466 e. The van der Waals surface area contributed by atoms with Crippen molar-refractivity contribution >= 4 is 40.3 Å². The van der Waals surface area contributed by atoms with Crippen LogP contribution in [0.5, 0.6) is 0 Å². The van der Waals surface area contributed by atoms with E-state index in [0.29, 0.717) is 33.3 Å². The van der Waals surface area contributed by atoms with Crippen molar-refractivity contribution in [3.63, 3.8) is 0 Å². The first-order valence-electron chi connectivity index (χ1n) is 8.23. The fraction of sp³-hybridized carbons (Fsp3) is 0.150. The van der Waals surface area contributed by atoms with E-state index in [0.717, 1.165) is 11.6 Å². The average molecular weight is 401 g/mol. The van der Waals surface area contributed by atoms with E-state index in [9.17, 15) is 9.59 Å². The van der Waals surface area contributed by atoms with E-state index >= 15 is 0 Å². The van der Waals surface area contributed by atoms with E-state index in [1.54, 1.807) is 24.3 Å². The van der Waals surface area contributed by atoms with Crippen LogP contribution in [0.1, 0.15) is 5.56 Å². The van der Waals surface area contributed by atoms with E-state index < -0.39 is 11.9 Å². The van der Waals surface area contributed by atoms with Gasteiger partial charge in [0.15, 0.2) is 5.58 Å². The number of esters is 2. The number of aryl methyl sites for hydroxylation is 1. The molecule has 0 bridgehead atoms. The number of methoxy groups -OCH3 is 2. The van der Waals surface area contributed by atoms with Crippen LogP contribution in [0, 0.1) is 6.92 Å². The predicted molar refractivity (Wildman–Crippen MR) is 105 cm³/mol. The van der Waals surface area contributed by atoms with Gasteiger partial charge in [-0.1, -0.05) is 17.7 Å². The summed E-state index contributed by atoms with van der Waals surface area (Å²) in [7, 11) is 2.45. The van der Waals surface area contributed by atoms with Crippen molar-refractivity contribution < 1.29 is 23.5 Å². The third-order valence-corrected chi connectivity index (χ3v) is 4.21. The molecule has 0 aliphatic heterocycles. The second-order valence-electron chi connectivity index (χ2n) is 5.86. The van der Waals surface area contributed by atoms with Gasteiger partial charge in [-0.25, -0.2) is 14.6 Å². The summed E-state index contributed by atoms with van der Waals surface area (Å²) >= 11 is 5.99. The molecule has 1 heterocycles. The van der Waals surface area contributed by atoms with Crippen molar-refractivity contribution in [3.8, 4) is 11.5 Å². The largest absolute Gasteiger partial charge is 0.466 e. The summed E-state index contributed by atoms with van der Waals surface area (Å²) < 4.78 is 15.1. The molecule has 8 heteroatoms. The van der Waals surface area contributed by atoms with E-state index in [-0.39, 0.29) is 5.70 Å². The third-order valence-electron chi connectivity index (χ3n) is 3.97. The van der Waals surface area contributed by atoms with Gasteiger partial charge >= 0.3 is 11.9 Å². The summed E-state index contributed by atoms with van der Waals surface area (Å²) in [6.07, 6.45) is 1.03. The quantitative estimate of drug-likeness (QED) is 0.509. The molecule has 144 valence electrons. The lowest BCUT2D eigenvalue weighted by Gasteiger charge is -2.12. The molecule has 0 saturated carbocycles. The van der Waals surface area contributed by atoms with Crippen molar-refractivity contribution in [2.75, 3.05) is 19.5 Å². The molecule has 7 nitrogen and oxygen atoms in total. The zero-order chi connectivity index (χ0) is 20.3. The zero-order valence-corrected chi connectivity index (χ0v) is 16.2. The summed E-state index contributed by atoms with van der Waals surface area (Å²) in [6.45, 7) is 1.85. The van der Waals surface area contributed by atoms with Crippen LogP contribution >= 0.6 is 11.6 Å². The van der Waals surface area contributed by atoms with Gasteiger partial charge in [0.2, 0.25) is 5.89 Å². The lowest BCUT2D eigenvalue weighted by atomic mass is 10.1. The van der Waals surface area contributed by atoms with Gasteiger partial charge < -0.3 is 19.2 Å². The summed E-state index contributed by atoms with van der Waals surface area (Å²) in [5.74, 6) is -0.985. The van der Waals surface area contributed by atoms with Crippen LogP contribution in [0.2, 0.25) is 5.02 Å². The Labute approximate surface area is 165 Å². The summed E-state index contributed by atoms with van der Waals surface area (Å²) in [4.78, 5) is 28.0. The maximum absolute atomic E-state index is 12.0. The van der Waals surface area contributed by atoms with Gasteiger partial charge in [-0.15, -0.1) is 0 Å². The van der Waals surface area contributed by atoms with Crippen molar-refractivity contribution in [1.29, 1.82) is 0 Å². The van der Waals surface area contributed by atoms with E-state index in [1.807, 2.05) is 19.1 Å². The SMILES string of the molecule is COC(=O)/C=C(/Nc1cc(-c2nc3cc(Cl)ccc3o2)ccc1C)C(=O)OC. The smallest absolute Gasteiger partial charge is 0.354 e. The van der Waals surface area contributed by atoms with Gasteiger partial charge in [-0.05, 0) is 42.8 Å². The number of hydrogen-bond acceptors (Lipinski definition) is 7. The fourth-order valence-corrected chi connectivity index (χ4v) is 2.66. The van der Waals surface area contributed by atoms with Gasteiger partial charge in [0.05, 0.1) is 20.3 Å². The molecule has 1 N–H and O–H groups in total. The number of ether oxygens (including phenoxy) is 2. The highest BCUT2D eigenvalue weighted by molar-refractivity contribution is 6.31. The Morgan fingerprint density at radius 1 is 1.14 bits per heavy atom. The molecular formula is C20H17ClN2O5. The van der Waals surface area contributed by atoms with Crippen molar-refractivity contribution in [3.05, 3.63) is 58.8 Å². The second kappa shape index (κ2) is 8.14. The van der Waals surface area contributed by atoms with Crippen molar-refractivity contribution in [1.82, 2.24) is 4.98 Å². The Morgan fingerprint density at radius 2 is 1.93 bits per heavy atom. The number of halogens is 1. The first kappa shape index (κ1) is 19.4. The first-order chi connectivity index (χ1) is 13.4. The van der Waals surface area contributed by atoms with Crippen LogP contribution in [0.15, 0.2) is 52.6 Å². The number of carbonyl (C=O) groups is 2. The van der Waals surface area contributed by atoms with Crippen molar-refractivity contribution in [2.45, 2.75) is 6.92 Å². The Balaban J connectivity index is 1.99. The number of rotatable bonds is 5. The first-order valence-corrected chi connectivity index (χ1v) is 8.61. The highest BCUT2D eigenvalue weighted by atomic mass is 35.5. The van der Waals surface area contributed by atoms with Gasteiger partial charge in [0, 0.05) is 16.3 Å². The number of oxazole rings is 1. The molecular weight excluding hydrogens is 384 g/mol. The van der Waals surface area contributed by atoms with Crippen LogP contribution in [-0.2, 0) is 19.1 Å². The van der Waals surface area contributed by atoms with Crippen LogP contribution in [0.3, 0.4) is 0 Å². The van der Waals surface area contributed by atoms with Gasteiger partial charge in [0.1, 0.15) is 11.2 Å². The molecule has 3 rings (SSSR count). The lowest BCUT2D eigenvalue weighted by molar-refractivity contribution is -0.138. The van der Waals surface area contributed by atoms with Crippen LogP contribution in [0.25, 0.3) is 22.6 Å². The van der Waals surface area contributed by atoms with Gasteiger partial charge in [0.25, 0.3) is 0 Å². The number of fused-ring (bicyclic) bond motifs is 1. The molecule has 3 aromatic rings. The average Bonchev–Trinajstić information content (AvgIpc) is 3.11. The number of aromatic nitrogens is 1. The van der Waals surface area contributed by atoms with Gasteiger partial charge in [-0.2, -0.15) is 0 Å². The molecule has 28 heavy (non-hydrogen) atoms. The molecule has 2 aromatic carbocycles. The minimum atomic E-state index is -0.702. The number of benzene rings is 2. The summed E-state index contributed by atoms with van der Waals surface area (Å²) in [5.41, 5.74) is 3.29. The van der Waals surface area contributed by atoms with Crippen LogP contribution in [-0.4, -0.2) is 31.1 Å². The number of hydrogen-bond donors (Lipinski definition) is 1. The lowest BCUT2D eigenvalue weighted by Crippen LogP contribution is -2.16. The Hall–Kier alpha value is -3.32. The highest BCUT2D eigenvalue weighted by Crippen LogP contribution is 2.29.